The van der Waals surface area contributed by atoms with Crippen molar-refractivity contribution < 1.29 is 9.59 Å². The van der Waals surface area contributed by atoms with Crippen LogP contribution in [-0.2, 0) is 9.59 Å². The minimum absolute atomic E-state index is 0.00320. The standard InChI is InChI=1S/C13H11ClN2O2S/c1-8(17)19-12-5-13(18)16(7-12)11-3-9(6-15)2-10(14)4-11/h2-4,12H,5,7H2,1H3. The molecule has 0 saturated carbocycles. The van der Waals surface area contributed by atoms with E-state index in [4.69, 9.17) is 16.9 Å². The second-order valence-electron chi connectivity index (χ2n) is 4.25. The normalized spacial score (nSPS) is 18.5. The average Bonchev–Trinajstić information content (AvgIpc) is 2.68. The van der Waals surface area contributed by atoms with Crippen molar-refractivity contribution in [2.45, 2.75) is 18.6 Å². The number of thioether (sulfide) groups is 1. The molecular weight excluding hydrogens is 284 g/mol. The van der Waals surface area contributed by atoms with Gasteiger partial charge in [0.25, 0.3) is 0 Å². The number of hydrogen-bond acceptors (Lipinski definition) is 4. The molecule has 1 atom stereocenters. The highest BCUT2D eigenvalue weighted by atomic mass is 35.5. The van der Waals surface area contributed by atoms with E-state index in [1.54, 1.807) is 23.1 Å². The molecule has 19 heavy (non-hydrogen) atoms. The molecule has 0 spiro atoms. The van der Waals surface area contributed by atoms with E-state index in [2.05, 4.69) is 0 Å². The van der Waals surface area contributed by atoms with Gasteiger partial charge in [-0.15, -0.1) is 0 Å². The first kappa shape index (κ1) is 13.9. The Kier molecular flexibility index (Phi) is 4.13. The maximum Gasteiger partial charge on any atom is 0.228 e. The van der Waals surface area contributed by atoms with Gasteiger partial charge in [0, 0.05) is 35.8 Å². The van der Waals surface area contributed by atoms with Crippen molar-refractivity contribution >= 4 is 40.1 Å². The zero-order valence-corrected chi connectivity index (χ0v) is 11.8. The summed E-state index contributed by atoms with van der Waals surface area (Å²) in [5.41, 5.74) is 1.03. The van der Waals surface area contributed by atoms with E-state index in [0.717, 1.165) is 0 Å². The Balaban J connectivity index is 2.23. The molecule has 1 aromatic rings. The molecule has 1 aromatic carbocycles. The number of anilines is 1. The summed E-state index contributed by atoms with van der Waals surface area (Å²) in [4.78, 5) is 24.6. The van der Waals surface area contributed by atoms with Crippen molar-refractivity contribution in [1.29, 1.82) is 5.26 Å². The number of benzene rings is 1. The molecule has 0 aromatic heterocycles. The number of nitriles is 1. The van der Waals surface area contributed by atoms with Crippen molar-refractivity contribution in [2.24, 2.45) is 0 Å². The molecule has 1 fully saturated rings. The highest BCUT2D eigenvalue weighted by molar-refractivity contribution is 8.14. The Bertz CT molecular complexity index is 582. The summed E-state index contributed by atoms with van der Waals surface area (Å²) in [5.74, 6) is -0.0510. The highest BCUT2D eigenvalue weighted by Crippen LogP contribution is 2.30. The first-order valence-corrected chi connectivity index (χ1v) is 6.93. The van der Waals surface area contributed by atoms with Crippen molar-refractivity contribution in [3.05, 3.63) is 28.8 Å². The van der Waals surface area contributed by atoms with Gasteiger partial charge in [-0.05, 0) is 18.2 Å². The number of rotatable bonds is 2. The predicted octanol–water partition coefficient (Wildman–Crippen LogP) is 2.60. The number of amides is 1. The van der Waals surface area contributed by atoms with Gasteiger partial charge >= 0.3 is 0 Å². The van der Waals surface area contributed by atoms with E-state index in [9.17, 15) is 9.59 Å². The highest BCUT2D eigenvalue weighted by Gasteiger charge is 2.32. The largest absolute Gasteiger partial charge is 0.311 e. The monoisotopic (exact) mass is 294 g/mol. The fourth-order valence-electron chi connectivity index (χ4n) is 2.03. The van der Waals surface area contributed by atoms with Gasteiger partial charge in [-0.1, -0.05) is 23.4 Å². The van der Waals surface area contributed by atoms with Gasteiger partial charge in [0.2, 0.25) is 5.91 Å². The Labute approximate surface area is 120 Å². The average molecular weight is 295 g/mol. The van der Waals surface area contributed by atoms with Gasteiger partial charge in [0.05, 0.1) is 11.6 Å². The molecule has 1 unspecified atom stereocenters. The van der Waals surface area contributed by atoms with Crippen LogP contribution < -0.4 is 4.90 Å². The molecule has 0 N–H and O–H groups in total. The van der Waals surface area contributed by atoms with Crippen LogP contribution in [0.5, 0.6) is 0 Å². The van der Waals surface area contributed by atoms with Crippen LogP contribution in [0.2, 0.25) is 5.02 Å². The molecule has 1 heterocycles. The zero-order valence-electron chi connectivity index (χ0n) is 10.2. The minimum Gasteiger partial charge on any atom is -0.311 e. The molecule has 6 heteroatoms. The first-order valence-electron chi connectivity index (χ1n) is 5.68. The first-order chi connectivity index (χ1) is 8.99. The molecular formula is C13H11ClN2O2S. The Morgan fingerprint density at radius 2 is 2.26 bits per heavy atom. The molecule has 0 bridgehead atoms. The van der Waals surface area contributed by atoms with Crippen LogP contribution in [0.3, 0.4) is 0 Å². The quantitative estimate of drug-likeness (QED) is 0.841. The van der Waals surface area contributed by atoms with Gasteiger partial charge in [-0.3, -0.25) is 9.59 Å². The Hall–Kier alpha value is -1.51. The predicted molar refractivity (Wildman–Crippen MR) is 75.2 cm³/mol. The molecule has 98 valence electrons. The van der Waals surface area contributed by atoms with Crippen LogP contribution in [0.1, 0.15) is 18.9 Å². The fourth-order valence-corrected chi connectivity index (χ4v) is 3.18. The maximum absolute atomic E-state index is 12.0. The lowest BCUT2D eigenvalue weighted by Gasteiger charge is -2.17. The van der Waals surface area contributed by atoms with E-state index >= 15 is 0 Å². The van der Waals surface area contributed by atoms with Crippen LogP contribution in [-0.4, -0.2) is 22.8 Å². The van der Waals surface area contributed by atoms with E-state index in [1.807, 2.05) is 6.07 Å². The minimum atomic E-state index is -0.0510. The molecule has 1 saturated heterocycles. The van der Waals surface area contributed by atoms with Gasteiger partial charge in [-0.25, -0.2) is 0 Å². The molecule has 2 rings (SSSR count). The zero-order chi connectivity index (χ0) is 14.0. The lowest BCUT2D eigenvalue weighted by atomic mass is 10.2. The molecule has 1 amide bonds. The lowest BCUT2D eigenvalue weighted by molar-refractivity contribution is -0.117. The van der Waals surface area contributed by atoms with E-state index in [-0.39, 0.29) is 16.3 Å². The lowest BCUT2D eigenvalue weighted by Crippen LogP contribution is -2.25. The van der Waals surface area contributed by atoms with Crippen molar-refractivity contribution in [1.82, 2.24) is 0 Å². The van der Waals surface area contributed by atoms with Crippen LogP contribution >= 0.6 is 23.4 Å². The van der Waals surface area contributed by atoms with Crippen LogP contribution in [0, 0.1) is 11.3 Å². The molecule has 1 aliphatic heterocycles. The summed E-state index contributed by atoms with van der Waals surface area (Å²) in [6, 6.07) is 6.84. The Morgan fingerprint density at radius 3 is 2.89 bits per heavy atom. The third kappa shape index (κ3) is 3.28. The summed E-state index contributed by atoms with van der Waals surface area (Å²) in [7, 11) is 0. The molecule has 1 aliphatic rings. The van der Waals surface area contributed by atoms with Crippen LogP contribution in [0.25, 0.3) is 0 Å². The number of nitrogens with zero attached hydrogens (tertiary/aromatic N) is 2. The van der Waals surface area contributed by atoms with E-state index in [1.165, 1.54) is 18.7 Å². The van der Waals surface area contributed by atoms with Crippen molar-refractivity contribution in [3.8, 4) is 6.07 Å². The van der Waals surface area contributed by atoms with Crippen molar-refractivity contribution in [2.75, 3.05) is 11.4 Å². The Morgan fingerprint density at radius 1 is 1.53 bits per heavy atom. The smallest absolute Gasteiger partial charge is 0.228 e. The fraction of sp³-hybridized carbons (Fsp3) is 0.308. The van der Waals surface area contributed by atoms with E-state index in [0.29, 0.717) is 29.2 Å². The number of carbonyl (C=O) groups excluding carboxylic acids is 2. The van der Waals surface area contributed by atoms with Gasteiger partial charge in [0.15, 0.2) is 5.12 Å². The van der Waals surface area contributed by atoms with Gasteiger partial charge in [0.1, 0.15) is 0 Å². The molecule has 0 radical (unpaired) electrons. The summed E-state index contributed by atoms with van der Waals surface area (Å²) >= 11 is 7.11. The molecule has 0 aliphatic carbocycles. The number of hydrogen-bond donors (Lipinski definition) is 0. The SMILES string of the molecule is CC(=O)SC1CC(=O)N(c2cc(Cl)cc(C#N)c2)C1. The van der Waals surface area contributed by atoms with Crippen molar-refractivity contribution in [3.63, 3.8) is 0 Å². The number of carbonyl (C=O) groups is 2. The topological polar surface area (TPSA) is 61.2 Å². The summed E-state index contributed by atoms with van der Waals surface area (Å²) in [6.45, 7) is 1.96. The van der Waals surface area contributed by atoms with Gasteiger partial charge in [-0.2, -0.15) is 5.26 Å². The third-order valence-electron chi connectivity index (χ3n) is 2.75. The summed E-state index contributed by atoms with van der Waals surface area (Å²) < 4.78 is 0. The van der Waals surface area contributed by atoms with E-state index < -0.39 is 0 Å². The second-order valence-corrected chi connectivity index (χ2v) is 6.16. The third-order valence-corrected chi connectivity index (χ3v) is 3.94. The molecule has 4 nitrogen and oxygen atoms in total. The second kappa shape index (κ2) is 5.64. The maximum atomic E-state index is 12.0. The van der Waals surface area contributed by atoms with Crippen LogP contribution in [0.4, 0.5) is 5.69 Å². The van der Waals surface area contributed by atoms with Gasteiger partial charge < -0.3 is 4.90 Å². The number of halogens is 1. The summed E-state index contributed by atoms with van der Waals surface area (Å²) in [5, 5.41) is 9.30. The van der Waals surface area contributed by atoms with Crippen LogP contribution in [0.15, 0.2) is 18.2 Å². The summed E-state index contributed by atoms with van der Waals surface area (Å²) in [6.07, 6.45) is 0.332.